The van der Waals surface area contributed by atoms with E-state index in [0.717, 1.165) is 23.2 Å². The number of halogens is 2. The Morgan fingerprint density at radius 2 is 2.17 bits per heavy atom. The molecule has 1 aliphatic rings. The number of nitrogens with one attached hydrogen (secondary N) is 1. The number of aromatic nitrogens is 1. The second kappa shape index (κ2) is 4.58. The van der Waals surface area contributed by atoms with Crippen LogP contribution >= 0.6 is 11.6 Å². The Morgan fingerprint density at radius 3 is 2.94 bits per heavy atom. The Morgan fingerprint density at radius 1 is 1.28 bits per heavy atom. The van der Waals surface area contributed by atoms with Crippen LogP contribution in [0, 0.1) is 5.82 Å². The van der Waals surface area contributed by atoms with E-state index in [-0.39, 0.29) is 16.9 Å². The van der Waals surface area contributed by atoms with E-state index in [2.05, 4.69) is 10.3 Å². The van der Waals surface area contributed by atoms with E-state index < -0.39 is 0 Å². The van der Waals surface area contributed by atoms with E-state index in [1.54, 1.807) is 18.5 Å². The molecule has 3 rings (SSSR count). The summed E-state index contributed by atoms with van der Waals surface area (Å²) < 4.78 is 13.8. The summed E-state index contributed by atoms with van der Waals surface area (Å²) in [6.07, 6.45) is 4.98. The standard InChI is InChI=1S/C14H12ClFN2/c15-13-4-3-9-6-11(7-12(9)14(13)16)18-10-2-1-5-17-8-10/h1-5,8,11,18H,6-7H2. The van der Waals surface area contributed by atoms with Crippen LogP contribution in [0.4, 0.5) is 10.1 Å². The average Bonchev–Trinajstić information content (AvgIpc) is 2.79. The SMILES string of the molecule is Fc1c(Cl)ccc2c1CC(Nc1cccnc1)C2. The van der Waals surface area contributed by atoms with Gasteiger partial charge in [-0.15, -0.1) is 0 Å². The largest absolute Gasteiger partial charge is 0.380 e. The highest BCUT2D eigenvalue weighted by Gasteiger charge is 2.25. The number of benzene rings is 1. The second-order valence-electron chi connectivity index (χ2n) is 4.49. The normalized spacial score (nSPS) is 17.6. The van der Waals surface area contributed by atoms with Gasteiger partial charge in [-0.1, -0.05) is 17.7 Å². The van der Waals surface area contributed by atoms with Crippen LogP contribution < -0.4 is 5.32 Å². The maximum Gasteiger partial charge on any atom is 0.145 e. The summed E-state index contributed by atoms with van der Waals surface area (Å²) in [6.45, 7) is 0. The van der Waals surface area contributed by atoms with E-state index in [0.29, 0.717) is 6.42 Å². The topological polar surface area (TPSA) is 24.9 Å². The van der Waals surface area contributed by atoms with E-state index in [1.165, 1.54) is 0 Å². The minimum absolute atomic E-state index is 0.204. The Balaban J connectivity index is 1.79. The first-order valence-electron chi connectivity index (χ1n) is 5.86. The van der Waals surface area contributed by atoms with Crippen LogP contribution in [0.15, 0.2) is 36.7 Å². The number of rotatable bonds is 2. The van der Waals surface area contributed by atoms with E-state index in [1.807, 2.05) is 18.2 Å². The molecule has 1 atom stereocenters. The van der Waals surface area contributed by atoms with E-state index >= 15 is 0 Å². The summed E-state index contributed by atoms with van der Waals surface area (Å²) in [6, 6.07) is 7.58. The molecule has 0 aliphatic heterocycles. The molecule has 0 saturated heterocycles. The van der Waals surface area contributed by atoms with Crippen molar-refractivity contribution in [2.24, 2.45) is 0 Å². The van der Waals surface area contributed by atoms with Crippen LogP contribution in [-0.2, 0) is 12.8 Å². The number of hydrogen-bond donors (Lipinski definition) is 1. The molecule has 1 N–H and O–H groups in total. The van der Waals surface area contributed by atoms with Crippen molar-refractivity contribution in [3.05, 3.63) is 58.6 Å². The molecule has 0 saturated carbocycles. The van der Waals surface area contributed by atoms with Gasteiger partial charge in [-0.2, -0.15) is 0 Å². The molecule has 0 radical (unpaired) electrons. The van der Waals surface area contributed by atoms with Gasteiger partial charge in [0.2, 0.25) is 0 Å². The summed E-state index contributed by atoms with van der Waals surface area (Å²) in [5.41, 5.74) is 2.74. The lowest BCUT2D eigenvalue weighted by atomic mass is 10.1. The molecule has 4 heteroatoms. The van der Waals surface area contributed by atoms with Crippen LogP contribution in [0.2, 0.25) is 5.02 Å². The van der Waals surface area contributed by atoms with E-state index in [9.17, 15) is 4.39 Å². The molecule has 1 aromatic heterocycles. The minimum atomic E-state index is -0.273. The molecule has 0 amide bonds. The molecular weight excluding hydrogens is 251 g/mol. The van der Waals surface area contributed by atoms with Crippen LogP contribution in [0.3, 0.4) is 0 Å². The summed E-state index contributed by atoms with van der Waals surface area (Å²) in [5, 5.41) is 3.57. The van der Waals surface area contributed by atoms with Gasteiger partial charge in [-0.25, -0.2) is 4.39 Å². The zero-order chi connectivity index (χ0) is 12.5. The monoisotopic (exact) mass is 262 g/mol. The first-order chi connectivity index (χ1) is 8.74. The van der Waals surface area contributed by atoms with Crippen molar-refractivity contribution in [3.63, 3.8) is 0 Å². The van der Waals surface area contributed by atoms with Gasteiger partial charge in [0.1, 0.15) is 5.82 Å². The van der Waals surface area contributed by atoms with Gasteiger partial charge < -0.3 is 5.32 Å². The molecule has 0 bridgehead atoms. The molecule has 1 unspecified atom stereocenters. The van der Waals surface area contributed by atoms with E-state index in [4.69, 9.17) is 11.6 Å². The van der Waals surface area contributed by atoms with Gasteiger partial charge in [0, 0.05) is 18.4 Å². The predicted molar refractivity (Wildman–Crippen MR) is 70.5 cm³/mol. The van der Waals surface area contributed by atoms with Gasteiger partial charge in [-0.3, -0.25) is 4.98 Å². The summed E-state index contributed by atoms with van der Waals surface area (Å²) in [5.74, 6) is -0.273. The number of pyridine rings is 1. The van der Waals surface area contributed by atoms with Crippen LogP contribution in [-0.4, -0.2) is 11.0 Å². The first kappa shape index (κ1) is 11.5. The maximum atomic E-state index is 13.8. The molecule has 1 aliphatic carbocycles. The fraction of sp³-hybridized carbons (Fsp3) is 0.214. The molecule has 0 spiro atoms. The van der Waals surface area contributed by atoms with Gasteiger partial charge in [-0.05, 0) is 42.2 Å². The van der Waals surface area contributed by atoms with Crippen LogP contribution in [0.1, 0.15) is 11.1 Å². The smallest absolute Gasteiger partial charge is 0.145 e. The predicted octanol–water partition coefficient (Wildman–Crippen LogP) is 3.45. The molecule has 1 heterocycles. The van der Waals surface area contributed by atoms with Gasteiger partial charge in [0.15, 0.2) is 0 Å². The highest BCUT2D eigenvalue weighted by Crippen LogP contribution is 2.30. The Kier molecular flexibility index (Phi) is 2.92. The minimum Gasteiger partial charge on any atom is -0.380 e. The third kappa shape index (κ3) is 2.06. The zero-order valence-corrected chi connectivity index (χ0v) is 10.4. The van der Waals surface area contributed by atoms with Gasteiger partial charge in [0.05, 0.1) is 10.7 Å². The van der Waals surface area contributed by atoms with Crippen LogP contribution in [0.25, 0.3) is 0 Å². The lowest BCUT2D eigenvalue weighted by Gasteiger charge is -2.12. The van der Waals surface area contributed by atoms with Crippen molar-refractivity contribution in [1.82, 2.24) is 4.98 Å². The quantitative estimate of drug-likeness (QED) is 0.897. The molecule has 92 valence electrons. The van der Waals surface area contributed by atoms with Crippen molar-refractivity contribution in [2.45, 2.75) is 18.9 Å². The molecular formula is C14H12ClFN2. The Hall–Kier alpha value is -1.61. The molecule has 0 fully saturated rings. The molecule has 18 heavy (non-hydrogen) atoms. The maximum absolute atomic E-state index is 13.8. The summed E-state index contributed by atoms with van der Waals surface area (Å²) in [7, 11) is 0. The third-order valence-electron chi connectivity index (χ3n) is 3.24. The number of hydrogen-bond acceptors (Lipinski definition) is 2. The molecule has 1 aromatic carbocycles. The van der Waals surface area contributed by atoms with Crippen LogP contribution in [0.5, 0.6) is 0 Å². The van der Waals surface area contributed by atoms with Crippen molar-refractivity contribution in [3.8, 4) is 0 Å². The lowest BCUT2D eigenvalue weighted by molar-refractivity contribution is 0.610. The average molecular weight is 263 g/mol. The highest BCUT2D eigenvalue weighted by atomic mass is 35.5. The first-order valence-corrected chi connectivity index (χ1v) is 6.24. The fourth-order valence-electron chi connectivity index (χ4n) is 2.41. The van der Waals surface area contributed by atoms with Crippen molar-refractivity contribution >= 4 is 17.3 Å². The zero-order valence-electron chi connectivity index (χ0n) is 9.66. The number of anilines is 1. The number of nitrogens with zero attached hydrogens (tertiary/aromatic N) is 1. The second-order valence-corrected chi connectivity index (χ2v) is 4.90. The fourth-order valence-corrected chi connectivity index (χ4v) is 2.59. The van der Waals surface area contributed by atoms with Crippen molar-refractivity contribution in [1.29, 1.82) is 0 Å². The Bertz CT molecular complexity index is 572. The molecule has 2 aromatic rings. The number of fused-ring (bicyclic) bond motifs is 1. The van der Waals surface area contributed by atoms with Gasteiger partial charge >= 0.3 is 0 Å². The molecule has 2 nitrogen and oxygen atoms in total. The Labute approximate surface area is 110 Å². The third-order valence-corrected chi connectivity index (χ3v) is 3.53. The highest BCUT2D eigenvalue weighted by molar-refractivity contribution is 6.30. The summed E-state index contributed by atoms with van der Waals surface area (Å²) >= 11 is 5.79. The lowest BCUT2D eigenvalue weighted by Crippen LogP contribution is -2.19. The summed E-state index contributed by atoms with van der Waals surface area (Å²) in [4.78, 5) is 4.05. The van der Waals surface area contributed by atoms with Crippen molar-refractivity contribution < 1.29 is 4.39 Å². The van der Waals surface area contributed by atoms with Crippen molar-refractivity contribution in [2.75, 3.05) is 5.32 Å². The van der Waals surface area contributed by atoms with Gasteiger partial charge in [0.25, 0.3) is 0 Å².